The van der Waals surface area contributed by atoms with Gasteiger partial charge in [-0.15, -0.1) is 0 Å². The van der Waals surface area contributed by atoms with Crippen molar-refractivity contribution in [2.24, 2.45) is 0 Å². The van der Waals surface area contributed by atoms with Crippen LogP contribution in [0.2, 0.25) is 0 Å². The third kappa shape index (κ3) is 11.2. The van der Waals surface area contributed by atoms with Crippen LogP contribution in [0.3, 0.4) is 0 Å². The SMILES string of the molecule is C=CC(=O)CCCCCOC(/C=C\CC(C)=O)=C/C. The van der Waals surface area contributed by atoms with E-state index in [2.05, 4.69) is 6.58 Å². The normalized spacial score (nSPS) is 11.6. The van der Waals surface area contributed by atoms with Gasteiger partial charge in [0, 0.05) is 12.8 Å². The molecule has 0 aromatic heterocycles. The molecule has 0 atom stereocenters. The molecule has 19 heavy (non-hydrogen) atoms. The van der Waals surface area contributed by atoms with Crippen LogP contribution >= 0.6 is 0 Å². The van der Waals surface area contributed by atoms with E-state index in [4.69, 9.17) is 4.74 Å². The van der Waals surface area contributed by atoms with Gasteiger partial charge in [-0.25, -0.2) is 0 Å². The molecule has 0 bridgehead atoms. The highest BCUT2D eigenvalue weighted by Gasteiger charge is 1.97. The topological polar surface area (TPSA) is 43.4 Å². The minimum absolute atomic E-state index is 0.0993. The molecule has 0 heterocycles. The second-order valence-electron chi connectivity index (χ2n) is 4.33. The first-order valence-electron chi connectivity index (χ1n) is 6.70. The van der Waals surface area contributed by atoms with E-state index in [0.717, 1.165) is 25.0 Å². The summed E-state index contributed by atoms with van der Waals surface area (Å²) >= 11 is 0. The van der Waals surface area contributed by atoms with E-state index < -0.39 is 0 Å². The largest absolute Gasteiger partial charge is 0.494 e. The Balaban J connectivity index is 3.68. The van der Waals surface area contributed by atoms with Gasteiger partial charge in [0.2, 0.25) is 0 Å². The third-order valence-corrected chi connectivity index (χ3v) is 2.54. The van der Waals surface area contributed by atoms with Gasteiger partial charge in [-0.1, -0.05) is 12.7 Å². The van der Waals surface area contributed by atoms with Crippen LogP contribution in [0.5, 0.6) is 0 Å². The molecule has 0 saturated carbocycles. The maximum absolute atomic E-state index is 11.0. The van der Waals surface area contributed by atoms with Gasteiger partial charge in [0.05, 0.1) is 6.61 Å². The van der Waals surface area contributed by atoms with Crippen LogP contribution in [-0.2, 0) is 14.3 Å². The fraction of sp³-hybridized carbons (Fsp3) is 0.500. The summed E-state index contributed by atoms with van der Waals surface area (Å²) < 4.78 is 5.56. The van der Waals surface area contributed by atoms with E-state index in [0.29, 0.717) is 19.4 Å². The number of carbonyl (C=O) groups excluding carboxylic acids is 2. The summed E-state index contributed by atoms with van der Waals surface area (Å²) in [6.07, 6.45) is 10.6. The summed E-state index contributed by atoms with van der Waals surface area (Å²) in [4.78, 5) is 21.8. The standard InChI is InChI=1S/C16H24O3/c1-4-15(18)11-7-6-8-13-19-16(5-2)12-9-10-14(3)17/h4-5,9,12H,1,6-8,10-11,13H2,2-3H3/b12-9-,16-5+. The molecule has 0 rings (SSSR count). The lowest BCUT2D eigenvalue weighted by Crippen LogP contribution is -1.96. The molecule has 0 unspecified atom stereocenters. The Morgan fingerprint density at radius 3 is 2.53 bits per heavy atom. The molecule has 0 aliphatic carbocycles. The van der Waals surface area contributed by atoms with E-state index in [9.17, 15) is 9.59 Å². The molecule has 106 valence electrons. The number of ether oxygens (including phenoxy) is 1. The highest BCUT2D eigenvalue weighted by molar-refractivity contribution is 5.88. The Kier molecular flexibility index (Phi) is 10.5. The molecule has 0 radical (unpaired) electrons. The Labute approximate surface area is 116 Å². The Morgan fingerprint density at radius 1 is 1.21 bits per heavy atom. The lowest BCUT2D eigenvalue weighted by Gasteiger charge is -2.06. The predicted octanol–water partition coefficient (Wildman–Crippen LogP) is 3.76. The first kappa shape index (κ1) is 17.4. The second-order valence-corrected chi connectivity index (χ2v) is 4.33. The first-order chi connectivity index (χ1) is 9.10. The van der Waals surface area contributed by atoms with Crippen molar-refractivity contribution >= 4 is 11.6 Å². The van der Waals surface area contributed by atoms with Gasteiger partial charge < -0.3 is 4.74 Å². The highest BCUT2D eigenvalue weighted by Crippen LogP contribution is 2.06. The van der Waals surface area contributed by atoms with Crippen molar-refractivity contribution in [2.75, 3.05) is 6.61 Å². The zero-order chi connectivity index (χ0) is 14.5. The summed E-state index contributed by atoms with van der Waals surface area (Å²) in [7, 11) is 0. The zero-order valence-electron chi connectivity index (χ0n) is 12.0. The van der Waals surface area contributed by atoms with Gasteiger partial charge in [0.25, 0.3) is 0 Å². The van der Waals surface area contributed by atoms with Crippen molar-refractivity contribution in [1.82, 2.24) is 0 Å². The fourth-order valence-corrected chi connectivity index (χ4v) is 1.44. The van der Waals surface area contributed by atoms with Crippen LogP contribution in [0, 0.1) is 0 Å². The Bertz CT molecular complexity index is 351. The smallest absolute Gasteiger partial charge is 0.155 e. The molecule has 0 amide bonds. The third-order valence-electron chi connectivity index (χ3n) is 2.54. The maximum Gasteiger partial charge on any atom is 0.155 e. The van der Waals surface area contributed by atoms with Crippen molar-refractivity contribution in [3.05, 3.63) is 36.6 Å². The molecule has 0 saturated heterocycles. The van der Waals surface area contributed by atoms with Gasteiger partial charge >= 0.3 is 0 Å². The molecule has 0 N–H and O–H groups in total. The Morgan fingerprint density at radius 2 is 1.95 bits per heavy atom. The van der Waals surface area contributed by atoms with Crippen LogP contribution < -0.4 is 0 Å². The average molecular weight is 264 g/mol. The first-order valence-corrected chi connectivity index (χ1v) is 6.70. The molecular formula is C16H24O3. The van der Waals surface area contributed by atoms with E-state index in [1.54, 1.807) is 13.0 Å². The molecule has 0 aromatic rings. The number of carbonyl (C=O) groups is 2. The van der Waals surface area contributed by atoms with Crippen molar-refractivity contribution in [1.29, 1.82) is 0 Å². The minimum Gasteiger partial charge on any atom is -0.494 e. The average Bonchev–Trinajstić information content (AvgIpc) is 2.39. The van der Waals surface area contributed by atoms with Gasteiger partial charge in [0.1, 0.15) is 11.5 Å². The number of unbranched alkanes of at least 4 members (excludes halogenated alkanes) is 2. The van der Waals surface area contributed by atoms with Gasteiger partial charge in [-0.2, -0.15) is 0 Å². The monoisotopic (exact) mass is 264 g/mol. The van der Waals surface area contributed by atoms with Gasteiger partial charge in [0.15, 0.2) is 5.78 Å². The molecule has 0 spiro atoms. The molecular weight excluding hydrogens is 240 g/mol. The predicted molar refractivity (Wildman–Crippen MR) is 77.8 cm³/mol. The summed E-state index contributed by atoms with van der Waals surface area (Å²) in [6.45, 7) is 7.53. The Hall–Kier alpha value is -1.64. The number of hydrogen-bond acceptors (Lipinski definition) is 3. The van der Waals surface area contributed by atoms with Crippen molar-refractivity contribution in [3.8, 4) is 0 Å². The van der Waals surface area contributed by atoms with Crippen LogP contribution in [0.25, 0.3) is 0 Å². The summed E-state index contributed by atoms with van der Waals surface area (Å²) in [5.74, 6) is 1.02. The zero-order valence-corrected chi connectivity index (χ0v) is 12.0. The van der Waals surface area contributed by atoms with E-state index in [1.807, 2.05) is 19.1 Å². The van der Waals surface area contributed by atoms with Gasteiger partial charge in [-0.3, -0.25) is 9.59 Å². The summed E-state index contributed by atoms with van der Waals surface area (Å²) in [5, 5.41) is 0. The number of hydrogen-bond donors (Lipinski definition) is 0. The highest BCUT2D eigenvalue weighted by atomic mass is 16.5. The summed E-state index contributed by atoms with van der Waals surface area (Å²) in [6, 6.07) is 0. The number of rotatable bonds is 11. The second kappa shape index (κ2) is 11.5. The van der Waals surface area contributed by atoms with E-state index in [1.165, 1.54) is 6.08 Å². The molecule has 0 aliphatic heterocycles. The van der Waals surface area contributed by atoms with Crippen LogP contribution in [0.4, 0.5) is 0 Å². The van der Waals surface area contributed by atoms with E-state index >= 15 is 0 Å². The molecule has 0 fully saturated rings. The van der Waals surface area contributed by atoms with E-state index in [-0.39, 0.29) is 11.6 Å². The van der Waals surface area contributed by atoms with Crippen LogP contribution in [0.1, 0.15) is 46.0 Å². The molecule has 3 nitrogen and oxygen atoms in total. The quantitative estimate of drug-likeness (QED) is 0.247. The molecule has 0 aromatic carbocycles. The van der Waals surface area contributed by atoms with Crippen LogP contribution in [-0.4, -0.2) is 18.2 Å². The van der Waals surface area contributed by atoms with Crippen molar-refractivity contribution in [3.63, 3.8) is 0 Å². The van der Waals surface area contributed by atoms with Crippen molar-refractivity contribution in [2.45, 2.75) is 46.0 Å². The number of allylic oxidation sites excluding steroid dienone is 4. The molecule has 0 aliphatic rings. The van der Waals surface area contributed by atoms with Crippen molar-refractivity contribution < 1.29 is 14.3 Å². The van der Waals surface area contributed by atoms with Gasteiger partial charge in [-0.05, 0) is 51.3 Å². The lowest BCUT2D eigenvalue weighted by atomic mass is 10.1. The molecule has 3 heteroatoms. The fourth-order valence-electron chi connectivity index (χ4n) is 1.44. The lowest BCUT2D eigenvalue weighted by molar-refractivity contribution is -0.116. The minimum atomic E-state index is 0.0993. The number of Topliss-reactive ketones (excluding diaryl/α,β-unsaturated/α-hetero) is 1. The summed E-state index contributed by atoms with van der Waals surface area (Å²) in [5.41, 5.74) is 0. The van der Waals surface area contributed by atoms with Crippen LogP contribution in [0.15, 0.2) is 36.6 Å². The maximum atomic E-state index is 11.0. The number of ketones is 2.